The summed E-state index contributed by atoms with van der Waals surface area (Å²) in [5.74, 6) is -0.0383. The van der Waals surface area contributed by atoms with Crippen LogP contribution in [-0.2, 0) is 4.79 Å². The normalized spacial score (nSPS) is 11.1. The Labute approximate surface area is 111 Å². The number of nitrogens with zero attached hydrogens (tertiary/aromatic N) is 2. The fraction of sp³-hybridized carbons (Fsp3) is 0.733. The van der Waals surface area contributed by atoms with Crippen molar-refractivity contribution in [1.29, 1.82) is 5.26 Å². The third-order valence-electron chi connectivity index (χ3n) is 3.19. The summed E-state index contributed by atoms with van der Waals surface area (Å²) in [5.41, 5.74) is -0.850. The van der Waals surface area contributed by atoms with Gasteiger partial charge in [-0.25, -0.2) is 0 Å². The highest BCUT2D eigenvalue weighted by molar-refractivity contribution is 5.85. The average Bonchev–Trinajstić information content (AvgIpc) is 2.34. The molecule has 0 rings (SSSR count). The summed E-state index contributed by atoms with van der Waals surface area (Å²) in [6, 6.07) is 2.38. The molecular formula is C15H26N2O. The van der Waals surface area contributed by atoms with Gasteiger partial charge < -0.3 is 4.90 Å². The molecule has 0 aromatic heterocycles. The van der Waals surface area contributed by atoms with Gasteiger partial charge >= 0.3 is 0 Å². The van der Waals surface area contributed by atoms with Crippen LogP contribution in [0.5, 0.6) is 0 Å². The first-order valence-electron chi connectivity index (χ1n) is 6.82. The summed E-state index contributed by atoms with van der Waals surface area (Å²) in [6.45, 7) is 12.2. The van der Waals surface area contributed by atoms with E-state index in [0.717, 1.165) is 12.8 Å². The zero-order valence-corrected chi connectivity index (χ0v) is 12.2. The highest BCUT2D eigenvalue weighted by Crippen LogP contribution is 2.32. The van der Waals surface area contributed by atoms with Crippen molar-refractivity contribution in [2.75, 3.05) is 6.54 Å². The number of amides is 1. The molecule has 0 heterocycles. The molecule has 0 saturated heterocycles. The van der Waals surface area contributed by atoms with E-state index in [0.29, 0.717) is 19.4 Å². The number of hydrogen-bond donors (Lipinski definition) is 0. The van der Waals surface area contributed by atoms with Crippen LogP contribution in [0.2, 0.25) is 0 Å². The van der Waals surface area contributed by atoms with Gasteiger partial charge in [0.1, 0.15) is 5.41 Å². The molecule has 0 aliphatic rings. The Morgan fingerprint density at radius 1 is 1.39 bits per heavy atom. The summed E-state index contributed by atoms with van der Waals surface area (Å²) >= 11 is 0. The molecule has 18 heavy (non-hydrogen) atoms. The molecule has 0 aromatic rings. The second-order valence-corrected chi connectivity index (χ2v) is 5.03. The maximum absolute atomic E-state index is 12.7. The van der Waals surface area contributed by atoms with Crippen molar-refractivity contribution in [2.45, 2.75) is 59.4 Å². The summed E-state index contributed by atoms with van der Waals surface area (Å²) in [6.07, 6.45) is 4.68. The lowest BCUT2D eigenvalue weighted by Gasteiger charge is -2.34. The van der Waals surface area contributed by atoms with Gasteiger partial charge in [-0.3, -0.25) is 4.79 Å². The molecule has 0 aliphatic carbocycles. The lowest BCUT2D eigenvalue weighted by atomic mass is 9.79. The van der Waals surface area contributed by atoms with Gasteiger partial charge in [-0.2, -0.15) is 5.26 Å². The molecule has 102 valence electrons. The molecule has 0 bridgehead atoms. The van der Waals surface area contributed by atoms with Crippen LogP contribution in [0.1, 0.15) is 53.4 Å². The molecule has 0 aliphatic heterocycles. The highest BCUT2D eigenvalue weighted by Gasteiger charge is 2.40. The number of carbonyl (C=O) groups excluding carboxylic acids is 1. The Bertz CT molecular complexity index is 309. The van der Waals surface area contributed by atoms with Gasteiger partial charge in [0.15, 0.2) is 0 Å². The van der Waals surface area contributed by atoms with Crippen LogP contribution >= 0.6 is 0 Å². The molecule has 1 amide bonds. The van der Waals surface area contributed by atoms with E-state index in [1.54, 1.807) is 11.0 Å². The Kier molecular flexibility index (Phi) is 7.35. The average molecular weight is 250 g/mol. The van der Waals surface area contributed by atoms with E-state index in [1.165, 1.54) is 0 Å². The predicted molar refractivity (Wildman–Crippen MR) is 74.9 cm³/mol. The molecule has 0 radical (unpaired) electrons. The SMILES string of the molecule is C=CCN(C(=O)C(C#N)(CCC)CCC)C(C)C. The zero-order chi connectivity index (χ0) is 14.2. The maximum Gasteiger partial charge on any atom is 0.243 e. The Balaban J connectivity index is 5.26. The number of rotatable bonds is 8. The van der Waals surface area contributed by atoms with Crippen LogP contribution < -0.4 is 0 Å². The first-order chi connectivity index (χ1) is 8.48. The molecular weight excluding hydrogens is 224 g/mol. The summed E-state index contributed by atoms with van der Waals surface area (Å²) in [7, 11) is 0. The second-order valence-electron chi connectivity index (χ2n) is 5.03. The molecule has 0 spiro atoms. The van der Waals surface area contributed by atoms with Crippen LogP contribution in [0.3, 0.4) is 0 Å². The number of hydrogen-bond acceptors (Lipinski definition) is 2. The Morgan fingerprint density at radius 3 is 2.17 bits per heavy atom. The zero-order valence-electron chi connectivity index (χ0n) is 12.2. The van der Waals surface area contributed by atoms with Crippen LogP contribution in [0.25, 0.3) is 0 Å². The molecule has 0 atom stereocenters. The fourth-order valence-corrected chi connectivity index (χ4v) is 2.29. The van der Waals surface area contributed by atoms with Crippen LogP contribution in [0, 0.1) is 16.7 Å². The molecule has 0 aromatic carbocycles. The minimum Gasteiger partial charge on any atom is -0.335 e. The van der Waals surface area contributed by atoms with Gasteiger partial charge in [0, 0.05) is 12.6 Å². The topological polar surface area (TPSA) is 44.1 Å². The van der Waals surface area contributed by atoms with Gasteiger partial charge in [0.2, 0.25) is 5.91 Å². The van der Waals surface area contributed by atoms with Gasteiger partial charge in [-0.1, -0.05) is 32.8 Å². The first kappa shape index (κ1) is 16.7. The van der Waals surface area contributed by atoms with Gasteiger partial charge in [0.25, 0.3) is 0 Å². The van der Waals surface area contributed by atoms with E-state index in [9.17, 15) is 10.1 Å². The smallest absolute Gasteiger partial charge is 0.243 e. The van der Waals surface area contributed by atoms with Crippen LogP contribution in [0.4, 0.5) is 0 Å². The molecule has 0 fully saturated rings. The minimum atomic E-state index is -0.850. The van der Waals surface area contributed by atoms with Crippen molar-refractivity contribution in [3.05, 3.63) is 12.7 Å². The van der Waals surface area contributed by atoms with Crippen molar-refractivity contribution < 1.29 is 4.79 Å². The third-order valence-corrected chi connectivity index (χ3v) is 3.19. The Hall–Kier alpha value is -1.30. The minimum absolute atomic E-state index is 0.0383. The third kappa shape index (κ3) is 3.87. The van der Waals surface area contributed by atoms with E-state index in [1.807, 2.05) is 27.7 Å². The van der Waals surface area contributed by atoms with E-state index < -0.39 is 5.41 Å². The molecule has 3 heteroatoms. The van der Waals surface area contributed by atoms with Gasteiger partial charge in [-0.05, 0) is 26.7 Å². The molecule has 3 nitrogen and oxygen atoms in total. The Morgan fingerprint density at radius 2 is 1.89 bits per heavy atom. The van der Waals surface area contributed by atoms with Crippen molar-refractivity contribution in [2.24, 2.45) is 5.41 Å². The number of nitriles is 1. The van der Waals surface area contributed by atoms with Crippen molar-refractivity contribution in [1.82, 2.24) is 4.90 Å². The monoisotopic (exact) mass is 250 g/mol. The summed E-state index contributed by atoms with van der Waals surface area (Å²) < 4.78 is 0. The quantitative estimate of drug-likeness (QED) is 0.619. The van der Waals surface area contributed by atoms with Crippen molar-refractivity contribution in [3.8, 4) is 6.07 Å². The second kappa shape index (κ2) is 7.92. The lowest BCUT2D eigenvalue weighted by Crippen LogP contribution is -2.46. The number of carbonyl (C=O) groups is 1. The predicted octanol–water partition coefficient (Wildman–Crippen LogP) is 3.52. The lowest BCUT2D eigenvalue weighted by molar-refractivity contribution is -0.141. The van der Waals surface area contributed by atoms with Crippen LogP contribution in [0.15, 0.2) is 12.7 Å². The van der Waals surface area contributed by atoms with Crippen molar-refractivity contribution >= 4 is 5.91 Å². The van der Waals surface area contributed by atoms with Crippen molar-refractivity contribution in [3.63, 3.8) is 0 Å². The van der Waals surface area contributed by atoms with E-state index in [-0.39, 0.29) is 11.9 Å². The highest BCUT2D eigenvalue weighted by atomic mass is 16.2. The summed E-state index contributed by atoms with van der Waals surface area (Å²) in [5, 5.41) is 9.48. The van der Waals surface area contributed by atoms with E-state index >= 15 is 0 Å². The fourth-order valence-electron chi connectivity index (χ4n) is 2.29. The largest absolute Gasteiger partial charge is 0.335 e. The van der Waals surface area contributed by atoms with E-state index in [2.05, 4.69) is 12.6 Å². The van der Waals surface area contributed by atoms with E-state index in [4.69, 9.17) is 0 Å². The summed E-state index contributed by atoms with van der Waals surface area (Å²) in [4.78, 5) is 14.4. The molecule has 0 N–H and O–H groups in total. The standard InChI is InChI=1S/C15H26N2O/c1-6-9-15(12-16,10-7-2)14(18)17(11-8-3)13(4)5/h8,13H,3,6-7,9-11H2,1-2,4-5H3. The maximum atomic E-state index is 12.7. The molecule has 0 saturated carbocycles. The van der Waals surface area contributed by atoms with Gasteiger partial charge in [0.05, 0.1) is 6.07 Å². The van der Waals surface area contributed by atoms with Crippen LogP contribution in [-0.4, -0.2) is 23.4 Å². The molecule has 0 unspecified atom stereocenters. The first-order valence-corrected chi connectivity index (χ1v) is 6.82. The van der Waals surface area contributed by atoms with Gasteiger partial charge in [-0.15, -0.1) is 6.58 Å².